The molecule has 2 aromatic heterocycles. The van der Waals surface area contributed by atoms with Gasteiger partial charge in [-0.05, 0) is 19.8 Å². The van der Waals surface area contributed by atoms with Crippen LogP contribution in [-0.2, 0) is 11.3 Å². The van der Waals surface area contributed by atoms with E-state index in [1.165, 1.54) is 4.57 Å². The molecular formula is C11H14N4O4. The largest absolute Gasteiger partial charge is 0.481 e. The number of hydrogen-bond acceptors (Lipinski definition) is 4. The summed E-state index contributed by atoms with van der Waals surface area (Å²) in [7, 11) is 0. The molecule has 8 nitrogen and oxygen atoms in total. The van der Waals surface area contributed by atoms with Crippen LogP contribution >= 0.6 is 0 Å². The third-order valence-electron chi connectivity index (χ3n) is 2.77. The Labute approximate surface area is 107 Å². The van der Waals surface area contributed by atoms with E-state index in [-0.39, 0.29) is 11.9 Å². The van der Waals surface area contributed by atoms with Gasteiger partial charge in [-0.15, -0.1) is 0 Å². The van der Waals surface area contributed by atoms with Gasteiger partial charge in [0.05, 0.1) is 0 Å². The van der Waals surface area contributed by atoms with Crippen molar-refractivity contribution < 1.29 is 9.90 Å². The first-order valence-corrected chi connectivity index (χ1v) is 5.90. The first-order chi connectivity index (χ1) is 8.99. The van der Waals surface area contributed by atoms with Gasteiger partial charge in [-0.1, -0.05) is 0 Å². The van der Waals surface area contributed by atoms with Crippen LogP contribution in [0.5, 0.6) is 0 Å². The zero-order valence-corrected chi connectivity index (χ0v) is 10.4. The maximum atomic E-state index is 11.7. The van der Waals surface area contributed by atoms with E-state index in [1.54, 1.807) is 6.92 Å². The lowest BCUT2D eigenvalue weighted by atomic mass is 10.2. The molecule has 0 radical (unpaired) electrons. The molecule has 102 valence electrons. The summed E-state index contributed by atoms with van der Waals surface area (Å²) < 4.78 is 1.35. The summed E-state index contributed by atoms with van der Waals surface area (Å²) in [6.45, 7) is 2.02. The molecule has 2 heterocycles. The number of rotatable bonds is 5. The van der Waals surface area contributed by atoms with Crippen molar-refractivity contribution in [2.45, 2.75) is 32.7 Å². The molecule has 3 N–H and O–H groups in total. The maximum Gasteiger partial charge on any atom is 0.330 e. The molecule has 0 aliphatic heterocycles. The van der Waals surface area contributed by atoms with E-state index in [2.05, 4.69) is 15.0 Å². The fourth-order valence-electron chi connectivity index (χ4n) is 1.91. The van der Waals surface area contributed by atoms with Gasteiger partial charge in [-0.3, -0.25) is 19.1 Å². The number of aliphatic carboxylic acids is 1. The number of hydrogen-bond donors (Lipinski definition) is 3. The number of aromatic nitrogens is 4. The lowest BCUT2D eigenvalue weighted by Gasteiger charge is -2.04. The van der Waals surface area contributed by atoms with E-state index in [4.69, 9.17) is 5.11 Å². The van der Waals surface area contributed by atoms with Gasteiger partial charge in [0.2, 0.25) is 0 Å². The minimum Gasteiger partial charge on any atom is -0.481 e. The lowest BCUT2D eigenvalue weighted by Crippen LogP contribution is -2.30. The maximum absolute atomic E-state index is 11.7. The van der Waals surface area contributed by atoms with Gasteiger partial charge >= 0.3 is 11.7 Å². The molecule has 0 aliphatic rings. The van der Waals surface area contributed by atoms with Crippen molar-refractivity contribution in [1.82, 2.24) is 19.5 Å². The van der Waals surface area contributed by atoms with Crippen molar-refractivity contribution in [3.05, 3.63) is 26.7 Å². The Morgan fingerprint density at radius 1 is 1.32 bits per heavy atom. The van der Waals surface area contributed by atoms with Gasteiger partial charge in [0, 0.05) is 13.0 Å². The number of aryl methyl sites for hydroxylation is 2. The normalized spacial score (nSPS) is 11.0. The Morgan fingerprint density at radius 3 is 2.74 bits per heavy atom. The van der Waals surface area contributed by atoms with Crippen LogP contribution in [0.25, 0.3) is 11.2 Å². The van der Waals surface area contributed by atoms with Gasteiger partial charge in [0.15, 0.2) is 5.65 Å². The van der Waals surface area contributed by atoms with E-state index < -0.39 is 17.2 Å². The van der Waals surface area contributed by atoms with Gasteiger partial charge in [0.25, 0.3) is 5.56 Å². The second-order valence-electron chi connectivity index (χ2n) is 4.28. The summed E-state index contributed by atoms with van der Waals surface area (Å²) in [4.78, 5) is 42.8. The number of carbonyl (C=O) groups is 1. The van der Waals surface area contributed by atoms with Crippen LogP contribution in [-0.4, -0.2) is 30.6 Å². The molecule has 0 saturated heterocycles. The molecule has 8 heteroatoms. The molecule has 0 spiro atoms. The molecule has 19 heavy (non-hydrogen) atoms. The minimum absolute atomic E-state index is 0.0564. The van der Waals surface area contributed by atoms with E-state index in [0.717, 1.165) is 0 Å². The average molecular weight is 266 g/mol. The molecule has 0 bridgehead atoms. The quantitative estimate of drug-likeness (QED) is 0.656. The fraction of sp³-hybridized carbons (Fsp3) is 0.455. The number of imidazole rings is 1. The summed E-state index contributed by atoms with van der Waals surface area (Å²) in [5.74, 6) is -0.319. The van der Waals surface area contributed by atoms with Crippen molar-refractivity contribution in [2.75, 3.05) is 0 Å². The van der Waals surface area contributed by atoms with E-state index >= 15 is 0 Å². The van der Waals surface area contributed by atoms with Gasteiger partial charge < -0.3 is 10.1 Å². The van der Waals surface area contributed by atoms with Gasteiger partial charge in [-0.2, -0.15) is 0 Å². The molecule has 0 atom stereocenters. The average Bonchev–Trinajstić information content (AvgIpc) is 2.69. The molecule has 2 rings (SSSR count). The van der Waals surface area contributed by atoms with Crippen LogP contribution in [0.1, 0.15) is 25.1 Å². The SMILES string of the molecule is Cc1nc2c([nH]1)c(=O)[nH]c(=O)n2CCCCC(=O)O. The third-order valence-corrected chi connectivity index (χ3v) is 2.77. The predicted octanol–water partition coefficient (Wildman–Crippen LogP) is -0.0238. The summed E-state index contributed by atoms with van der Waals surface area (Å²) in [6.07, 6.45) is 1.05. The monoisotopic (exact) mass is 266 g/mol. The second-order valence-corrected chi connectivity index (χ2v) is 4.28. The Bertz CT molecular complexity index is 724. The Balaban J connectivity index is 2.29. The predicted molar refractivity (Wildman–Crippen MR) is 67.2 cm³/mol. The molecule has 0 aliphatic carbocycles. The standard InChI is InChI=1S/C11H14N4O4/c1-6-12-8-9(13-6)15(11(19)14-10(8)18)5-3-2-4-7(16)17/h2-5H2,1H3,(H,12,13)(H,16,17)(H,14,18,19). The first kappa shape index (κ1) is 13.1. The summed E-state index contributed by atoms with van der Waals surface area (Å²) in [6, 6.07) is 0. The lowest BCUT2D eigenvalue weighted by molar-refractivity contribution is -0.137. The summed E-state index contributed by atoms with van der Waals surface area (Å²) >= 11 is 0. The molecule has 0 saturated carbocycles. The number of aromatic amines is 2. The van der Waals surface area contributed by atoms with Crippen LogP contribution in [0.2, 0.25) is 0 Å². The van der Waals surface area contributed by atoms with Gasteiger partial charge in [-0.25, -0.2) is 9.78 Å². The van der Waals surface area contributed by atoms with E-state index in [1.807, 2.05) is 0 Å². The summed E-state index contributed by atoms with van der Waals surface area (Å²) in [5, 5.41) is 8.54. The van der Waals surface area contributed by atoms with Gasteiger partial charge in [0.1, 0.15) is 11.3 Å². The topological polar surface area (TPSA) is 121 Å². The highest BCUT2D eigenvalue weighted by Crippen LogP contribution is 2.06. The molecule has 0 aromatic carbocycles. The Morgan fingerprint density at radius 2 is 2.05 bits per heavy atom. The number of carboxylic acids is 1. The van der Waals surface area contributed by atoms with Crippen LogP contribution in [0.15, 0.2) is 9.59 Å². The zero-order valence-electron chi connectivity index (χ0n) is 10.4. The Kier molecular flexibility index (Phi) is 3.50. The van der Waals surface area contributed by atoms with Crippen molar-refractivity contribution in [2.24, 2.45) is 0 Å². The highest BCUT2D eigenvalue weighted by molar-refractivity contribution is 5.69. The number of unbranched alkanes of at least 4 members (excludes halogenated alkanes) is 1. The van der Waals surface area contributed by atoms with Crippen LogP contribution in [0, 0.1) is 6.92 Å². The van der Waals surface area contributed by atoms with E-state index in [9.17, 15) is 14.4 Å². The van der Waals surface area contributed by atoms with Crippen LogP contribution < -0.4 is 11.2 Å². The molecule has 2 aromatic rings. The highest BCUT2D eigenvalue weighted by atomic mass is 16.4. The van der Waals surface area contributed by atoms with Crippen LogP contribution in [0.4, 0.5) is 0 Å². The van der Waals surface area contributed by atoms with Crippen molar-refractivity contribution in [3.8, 4) is 0 Å². The van der Waals surface area contributed by atoms with E-state index in [0.29, 0.717) is 30.9 Å². The first-order valence-electron chi connectivity index (χ1n) is 5.90. The minimum atomic E-state index is -0.866. The molecular weight excluding hydrogens is 252 g/mol. The number of carboxylic acid groups (broad SMARTS) is 1. The number of nitrogens with one attached hydrogen (secondary N) is 2. The van der Waals surface area contributed by atoms with Crippen LogP contribution in [0.3, 0.4) is 0 Å². The molecule has 0 fully saturated rings. The number of nitrogens with zero attached hydrogens (tertiary/aromatic N) is 2. The third kappa shape index (κ3) is 2.72. The van der Waals surface area contributed by atoms with Crippen molar-refractivity contribution in [3.63, 3.8) is 0 Å². The summed E-state index contributed by atoms with van der Waals surface area (Å²) in [5.41, 5.74) is -0.460. The Hall–Kier alpha value is -2.38. The van der Waals surface area contributed by atoms with Crippen molar-refractivity contribution >= 4 is 17.1 Å². The smallest absolute Gasteiger partial charge is 0.330 e. The highest BCUT2D eigenvalue weighted by Gasteiger charge is 2.11. The molecule has 0 unspecified atom stereocenters. The van der Waals surface area contributed by atoms with Crippen molar-refractivity contribution in [1.29, 1.82) is 0 Å². The second kappa shape index (κ2) is 5.09. The molecule has 0 amide bonds. The fourth-order valence-corrected chi connectivity index (χ4v) is 1.91. The number of H-pyrrole nitrogens is 2. The number of fused-ring (bicyclic) bond motifs is 1. The zero-order chi connectivity index (χ0) is 14.0.